The molecule has 0 heterocycles. The lowest BCUT2D eigenvalue weighted by Crippen LogP contribution is -2.32. The first-order chi connectivity index (χ1) is 9.06. The molecule has 3 rings (SSSR count). The molecule has 3 atom stereocenters. The van der Waals surface area contributed by atoms with Crippen LogP contribution in [0, 0.1) is 24.7 Å². The molecule has 104 valence electrons. The fourth-order valence-electron chi connectivity index (χ4n) is 3.78. The van der Waals surface area contributed by atoms with Gasteiger partial charge in [-0.05, 0) is 55.6 Å². The van der Waals surface area contributed by atoms with Crippen molar-refractivity contribution in [1.29, 1.82) is 0 Å². The van der Waals surface area contributed by atoms with Crippen LogP contribution in [0.25, 0.3) is 0 Å². The lowest BCUT2D eigenvalue weighted by molar-refractivity contribution is 0.333. The molecule has 2 bridgehead atoms. The second-order valence-corrected chi connectivity index (χ2v) is 7.79. The van der Waals surface area contributed by atoms with Crippen LogP contribution in [-0.4, -0.2) is 15.0 Å². The van der Waals surface area contributed by atoms with Crippen LogP contribution in [0.3, 0.4) is 0 Å². The van der Waals surface area contributed by atoms with Gasteiger partial charge < -0.3 is 0 Å². The van der Waals surface area contributed by atoms with Gasteiger partial charge in [0.2, 0.25) is 10.0 Å². The van der Waals surface area contributed by atoms with Gasteiger partial charge in [0.1, 0.15) is 0 Å². The quantitative estimate of drug-likeness (QED) is 0.921. The van der Waals surface area contributed by atoms with Gasteiger partial charge >= 0.3 is 0 Å². The van der Waals surface area contributed by atoms with E-state index in [1.165, 1.54) is 25.7 Å². The maximum absolute atomic E-state index is 12.3. The van der Waals surface area contributed by atoms with Crippen LogP contribution < -0.4 is 4.72 Å². The summed E-state index contributed by atoms with van der Waals surface area (Å²) in [5, 5.41) is 0. The second kappa shape index (κ2) is 4.91. The van der Waals surface area contributed by atoms with E-state index in [0.29, 0.717) is 17.4 Å². The third kappa shape index (κ3) is 2.56. The summed E-state index contributed by atoms with van der Waals surface area (Å²) >= 11 is 0. The Bertz CT molecular complexity index is 567. The van der Waals surface area contributed by atoms with Crippen LogP contribution in [-0.2, 0) is 10.0 Å². The van der Waals surface area contributed by atoms with Crippen molar-refractivity contribution in [3.05, 3.63) is 29.8 Å². The van der Waals surface area contributed by atoms with Crippen LogP contribution in [0.5, 0.6) is 0 Å². The molecule has 2 saturated carbocycles. The van der Waals surface area contributed by atoms with Crippen LogP contribution in [0.15, 0.2) is 29.2 Å². The van der Waals surface area contributed by atoms with Crippen molar-refractivity contribution in [3.63, 3.8) is 0 Å². The predicted molar refractivity (Wildman–Crippen MR) is 75.3 cm³/mol. The lowest BCUT2D eigenvalue weighted by atomic mass is 9.89. The normalized spacial score (nSPS) is 29.8. The molecular weight excluding hydrogens is 258 g/mol. The molecule has 19 heavy (non-hydrogen) atoms. The zero-order chi connectivity index (χ0) is 13.5. The van der Waals surface area contributed by atoms with Crippen molar-refractivity contribution in [1.82, 2.24) is 4.72 Å². The molecule has 1 aromatic carbocycles. The van der Waals surface area contributed by atoms with Crippen LogP contribution >= 0.6 is 0 Å². The number of aryl methyl sites for hydroxylation is 1. The molecule has 0 spiro atoms. The fraction of sp³-hybridized carbons (Fsp3) is 0.600. The van der Waals surface area contributed by atoms with Gasteiger partial charge in [0.15, 0.2) is 0 Å². The summed E-state index contributed by atoms with van der Waals surface area (Å²) in [5.41, 5.74) is 0.808. The highest BCUT2D eigenvalue weighted by Gasteiger charge is 2.39. The van der Waals surface area contributed by atoms with E-state index in [4.69, 9.17) is 0 Å². The SMILES string of the molecule is Cc1ccccc1S(=O)(=O)NCC1CC2CCC1C2. The van der Waals surface area contributed by atoms with Crippen molar-refractivity contribution in [3.8, 4) is 0 Å². The summed E-state index contributed by atoms with van der Waals surface area (Å²) < 4.78 is 27.4. The largest absolute Gasteiger partial charge is 0.240 e. The fourth-order valence-corrected chi connectivity index (χ4v) is 5.12. The molecule has 2 fully saturated rings. The molecule has 0 radical (unpaired) electrons. The third-order valence-corrected chi connectivity index (χ3v) is 6.39. The molecule has 1 aromatic rings. The number of fused-ring (bicyclic) bond motifs is 2. The smallest absolute Gasteiger partial charge is 0.211 e. The summed E-state index contributed by atoms with van der Waals surface area (Å²) in [6, 6.07) is 7.16. The predicted octanol–water partition coefficient (Wildman–Crippen LogP) is 2.71. The minimum atomic E-state index is -3.35. The van der Waals surface area contributed by atoms with Crippen molar-refractivity contribution in [2.24, 2.45) is 17.8 Å². The summed E-state index contributed by atoms with van der Waals surface area (Å²) in [6.45, 7) is 2.45. The Labute approximate surface area is 115 Å². The van der Waals surface area contributed by atoms with Crippen molar-refractivity contribution >= 4 is 10.0 Å². The number of benzene rings is 1. The van der Waals surface area contributed by atoms with Gasteiger partial charge in [-0.3, -0.25) is 0 Å². The van der Waals surface area contributed by atoms with E-state index in [1.54, 1.807) is 12.1 Å². The van der Waals surface area contributed by atoms with E-state index in [0.717, 1.165) is 17.4 Å². The first-order valence-corrected chi connectivity index (χ1v) is 8.60. The molecule has 2 aliphatic rings. The molecule has 0 amide bonds. The Morgan fingerprint density at radius 3 is 2.63 bits per heavy atom. The van der Waals surface area contributed by atoms with Gasteiger partial charge in [0, 0.05) is 6.54 Å². The minimum Gasteiger partial charge on any atom is -0.211 e. The topological polar surface area (TPSA) is 46.2 Å². The summed E-state index contributed by atoms with van der Waals surface area (Å²) in [7, 11) is -3.35. The van der Waals surface area contributed by atoms with E-state index >= 15 is 0 Å². The van der Waals surface area contributed by atoms with Gasteiger partial charge in [-0.2, -0.15) is 0 Å². The monoisotopic (exact) mass is 279 g/mol. The first-order valence-electron chi connectivity index (χ1n) is 7.11. The van der Waals surface area contributed by atoms with Gasteiger partial charge in [-0.1, -0.05) is 24.6 Å². The zero-order valence-corrected chi connectivity index (χ0v) is 12.1. The molecule has 4 heteroatoms. The number of rotatable bonds is 4. The van der Waals surface area contributed by atoms with E-state index in [-0.39, 0.29) is 0 Å². The summed E-state index contributed by atoms with van der Waals surface area (Å²) in [4.78, 5) is 0.415. The molecule has 3 unspecified atom stereocenters. The summed E-state index contributed by atoms with van der Waals surface area (Å²) in [6.07, 6.45) is 5.17. The highest BCUT2D eigenvalue weighted by molar-refractivity contribution is 7.89. The van der Waals surface area contributed by atoms with Gasteiger partial charge in [-0.15, -0.1) is 0 Å². The minimum absolute atomic E-state index is 0.415. The average Bonchev–Trinajstić information content (AvgIpc) is 2.99. The maximum Gasteiger partial charge on any atom is 0.240 e. The number of sulfonamides is 1. The maximum atomic E-state index is 12.3. The molecule has 1 N–H and O–H groups in total. The Morgan fingerprint density at radius 1 is 1.21 bits per heavy atom. The van der Waals surface area contributed by atoms with E-state index in [1.807, 2.05) is 19.1 Å². The zero-order valence-electron chi connectivity index (χ0n) is 11.3. The molecule has 2 aliphatic carbocycles. The first kappa shape index (κ1) is 13.1. The van der Waals surface area contributed by atoms with Gasteiger partial charge in [0.25, 0.3) is 0 Å². The molecule has 0 saturated heterocycles. The lowest BCUT2D eigenvalue weighted by Gasteiger charge is -2.22. The van der Waals surface area contributed by atoms with Crippen molar-refractivity contribution in [2.75, 3.05) is 6.54 Å². The van der Waals surface area contributed by atoms with E-state index < -0.39 is 10.0 Å². The average molecular weight is 279 g/mol. The highest BCUT2D eigenvalue weighted by Crippen LogP contribution is 2.48. The van der Waals surface area contributed by atoms with Crippen LogP contribution in [0.4, 0.5) is 0 Å². The number of hydrogen-bond acceptors (Lipinski definition) is 2. The Balaban J connectivity index is 1.68. The molecule has 0 aliphatic heterocycles. The number of hydrogen-bond donors (Lipinski definition) is 1. The molecule has 0 aromatic heterocycles. The molecular formula is C15H21NO2S. The second-order valence-electron chi connectivity index (χ2n) is 6.05. The Kier molecular flexibility index (Phi) is 3.39. The highest BCUT2D eigenvalue weighted by atomic mass is 32.2. The Morgan fingerprint density at radius 2 is 2.00 bits per heavy atom. The van der Waals surface area contributed by atoms with E-state index in [2.05, 4.69) is 4.72 Å². The van der Waals surface area contributed by atoms with Crippen molar-refractivity contribution < 1.29 is 8.42 Å². The van der Waals surface area contributed by atoms with Crippen LogP contribution in [0.2, 0.25) is 0 Å². The van der Waals surface area contributed by atoms with Crippen LogP contribution in [0.1, 0.15) is 31.2 Å². The van der Waals surface area contributed by atoms with Crippen molar-refractivity contribution in [2.45, 2.75) is 37.5 Å². The number of nitrogens with one attached hydrogen (secondary N) is 1. The van der Waals surface area contributed by atoms with E-state index in [9.17, 15) is 8.42 Å². The standard InChI is InChI=1S/C15H21NO2S/c1-11-4-2-3-5-15(11)19(17,18)16-10-14-9-12-6-7-13(14)8-12/h2-5,12-14,16H,6-10H2,1H3. The van der Waals surface area contributed by atoms with Gasteiger partial charge in [0.05, 0.1) is 4.90 Å². The molecule has 3 nitrogen and oxygen atoms in total. The third-order valence-electron chi connectivity index (χ3n) is 4.80. The Hall–Kier alpha value is -0.870. The van der Waals surface area contributed by atoms with Gasteiger partial charge in [-0.25, -0.2) is 13.1 Å². The summed E-state index contributed by atoms with van der Waals surface area (Å²) in [5.74, 6) is 2.17.